The van der Waals surface area contributed by atoms with Gasteiger partial charge < -0.3 is 15.7 Å². The van der Waals surface area contributed by atoms with Crippen LogP contribution in [0.15, 0.2) is 0 Å². The first-order valence-electron chi connectivity index (χ1n) is 7.63. The molecule has 1 saturated carbocycles. The maximum absolute atomic E-state index is 12.4. The second-order valence-electron chi connectivity index (χ2n) is 6.39. The molecule has 0 saturated heterocycles. The predicted molar refractivity (Wildman–Crippen MR) is 77.9 cm³/mol. The van der Waals surface area contributed by atoms with Gasteiger partial charge in [0.15, 0.2) is 0 Å². The number of amides is 1. The normalized spacial score (nSPS) is 19.6. The summed E-state index contributed by atoms with van der Waals surface area (Å²) < 4.78 is 0. The summed E-state index contributed by atoms with van der Waals surface area (Å²) in [6.07, 6.45) is 5.11. The van der Waals surface area contributed by atoms with Crippen molar-refractivity contribution in [2.75, 3.05) is 19.6 Å². The highest BCUT2D eigenvalue weighted by molar-refractivity contribution is 5.82. The Kier molecular flexibility index (Phi) is 6.80. The van der Waals surface area contributed by atoms with Crippen LogP contribution in [0.25, 0.3) is 0 Å². The molecule has 3 N–H and O–H groups in total. The van der Waals surface area contributed by atoms with E-state index >= 15 is 0 Å². The Labute approximate surface area is 117 Å². The van der Waals surface area contributed by atoms with Crippen LogP contribution in [0.4, 0.5) is 0 Å². The Morgan fingerprint density at radius 3 is 2.37 bits per heavy atom. The van der Waals surface area contributed by atoms with Gasteiger partial charge in [0.2, 0.25) is 5.91 Å². The third kappa shape index (κ3) is 5.49. The monoisotopic (exact) mass is 270 g/mol. The maximum Gasteiger partial charge on any atom is 0.226 e. The van der Waals surface area contributed by atoms with Gasteiger partial charge in [0.1, 0.15) is 0 Å². The lowest BCUT2D eigenvalue weighted by Crippen LogP contribution is -2.43. The molecule has 0 radical (unpaired) electrons. The van der Waals surface area contributed by atoms with Crippen LogP contribution in [0.1, 0.15) is 52.9 Å². The molecule has 1 amide bonds. The zero-order valence-corrected chi connectivity index (χ0v) is 12.7. The number of aliphatic hydroxyl groups excluding tert-OH is 1. The number of hydrogen-bond acceptors (Lipinski definition) is 3. The lowest BCUT2D eigenvalue weighted by atomic mass is 9.77. The molecule has 1 aliphatic carbocycles. The van der Waals surface area contributed by atoms with Crippen LogP contribution in [0.3, 0.4) is 0 Å². The standard InChI is InChI=1S/C15H30N2O2/c1-12(2)10-15(6-4-5-7-15)14(19)17-9-8-16-11-13(3)18/h12-13,16,18H,4-11H2,1-3H3,(H,17,19). The quantitative estimate of drug-likeness (QED) is 0.588. The minimum atomic E-state index is -0.335. The summed E-state index contributed by atoms with van der Waals surface area (Å²) in [5, 5.41) is 15.3. The van der Waals surface area contributed by atoms with Crippen molar-refractivity contribution in [1.82, 2.24) is 10.6 Å². The molecule has 4 heteroatoms. The summed E-state index contributed by atoms with van der Waals surface area (Å²) in [5.74, 6) is 0.801. The van der Waals surface area contributed by atoms with Gasteiger partial charge in [-0.3, -0.25) is 4.79 Å². The largest absolute Gasteiger partial charge is 0.392 e. The van der Waals surface area contributed by atoms with Crippen molar-refractivity contribution in [3.05, 3.63) is 0 Å². The predicted octanol–water partition coefficient (Wildman–Crippen LogP) is 1.68. The van der Waals surface area contributed by atoms with Crippen LogP contribution in [-0.4, -0.2) is 36.8 Å². The van der Waals surface area contributed by atoms with Crippen molar-refractivity contribution in [2.45, 2.75) is 59.0 Å². The molecule has 0 heterocycles. The van der Waals surface area contributed by atoms with Crippen molar-refractivity contribution in [3.8, 4) is 0 Å². The Balaban J connectivity index is 2.33. The van der Waals surface area contributed by atoms with E-state index in [0.29, 0.717) is 25.6 Å². The molecule has 1 fully saturated rings. The number of hydrogen-bond donors (Lipinski definition) is 3. The molecule has 1 unspecified atom stereocenters. The van der Waals surface area contributed by atoms with Gasteiger partial charge in [0.25, 0.3) is 0 Å². The highest BCUT2D eigenvalue weighted by Crippen LogP contribution is 2.43. The Morgan fingerprint density at radius 1 is 1.21 bits per heavy atom. The van der Waals surface area contributed by atoms with Gasteiger partial charge in [-0.2, -0.15) is 0 Å². The summed E-state index contributed by atoms with van der Waals surface area (Å²) in [7, 11) is 0. The minimum absolute atomic E-state index is 0.113. The molecule has 1 atom stereocenters. The number of carbonyl (C=O) groups is 1. The lowest BCUT2D eigenvalue weighted by Gasteiger charge is -2.29. The van der Waals surface area contributed by atoms with Gasteiger partial charge in [-0.25, -0.2) is 0 Å². The van der Waals surface area contributed by atoms with E-state index < -0.39 is 0 Å². The molecule has 0 aromatic heterocycles. The van der Waals surface area contributed by atoms with Crippen LogP contribution in [0.5, 0.6) is 0 Å². The van der Waals surface area contributed by atoms with Crippen LogP contribution >= 0.6 is 0 Å². The van der Waals surface area contributed by atoms with E-state index in [-0.39, 0.29) is 17.4 Å². The molecule has 0 aromatic carbocycles. The first kappa shape index (κ1) is 16.4. The van der Waals surface area contributed by atoms with Gasteiger partial charge in [-0.05, 0) is 32.1 Å². The highest BCUT2D eigenvalue weighted by Gasteiger charge is 2.40. The fraction of sp³-hybridized carbons (Fsp3) is 0.933. The maximum atomic E-state index is 12.4. The van der Waals surface area contributed by atoms with Gasteiger partial charge in [0.05, 0.1) is 6.10 Å². The van der Waals surface area contributed by atoms with E-state index in [1.54, 1.807) is 6.92 Å². The van der Waals surface area contributed by atoms with E-state index in [4.69, 9.17) is 5.11 Å². The molecule has 112 valence electrons. The number of nitrogens with one attached hydrogen (secondary N) is 2. The smallest absolute Gasteiger partial charge is 0.226 e. The number of carbonyl (C=O) groups excluding carboxylic acids is 1. The van der Waals surface area contributed by atoms with Crippen LogP contribution in [0, 0.1) is 11.3 Å². The van der Waals surface area contributed by atoms with Crippen molar-refractivity contribution < 1.29 is 9.90 Å². The molecule has 0 bridgehead atoms. The Morgan fingerprint density at radius 2 is 1.84 bits per heavy atom. The summed E-state index contributed by atoms with van der Waals surface area (Å²) in [6, 6.07) is 0. The lowest BCUT2D eigenvalue weighted by molar-refractivity contribution is -0.131. The number of aliphatic hydroxyl groups is 1. The molecule has 1 rings (SSSR count). The number of rotatable bonds is 8. The van der Waals surface area contributed by atoms with Crippen molar-refractivity contribution in [2.24, 2.45) is 11.3 Å². The zero-order chi connectivity index (χ0) is 14.3. The van der Waals surface area contributed by atoms with E-state index in [1.807, 2.05) is 0 Å². The van der Waals surface area contributed by atoms with Crippen LogP contribution < -0.4 is 10.6 Å². The highest BCUT2D eigenvalue weighted by atomic mass is 16.3. The molecule has 19 heavy (non-hydrogen) atoms. The fourth-order valence-electron chi connectivity index (χ4n) is 3.12. The van der Waals surface area contributed by atoms with Crippen LogP contribution in [-0.2, 0) is 4.79 Å². The minimum Gasteiger partial charge on any atom is -0.392 e. The second-order valence-corrected chi connectivity index (χ2v) is 6.39. The molecule has 0 aromatic rings. The van der Waals surface area contributed by atoms with E-state index in [2.05, 4.69) is 24.5 Å². The molecular formula is C15H30N2O2. The summed E-state index contributed by atoms with van der Waals surface area (Å²) in [6.45, 7) is 8.07. The van der Waals surface area contributed by atoms with Crippen molar-refractivity contribution in [3.63, 3.8) is 0 Å². The summed E-state index contributed by atoms with van der Waals surface area (Å²) in [4.78, 5) is 12.4. The molecular weight excluding hydrogens is 240 g/mol. The van der Waals surface area contributed by atoms with Gasteiger partial charge in [-0.1, -0.05) is 26.7 Å². The molecule has 0 spiro atoms. The Hall–Kier alpha value is -0.610. The SMILES string of the molecule is CC(C)CC1(C(=O)NCCNCC(C)O)CCCC1. The first-order chi connectivity index (χ1) is 8.96. The van der Waals surface area contributed by atoms with Gasteiger partial charge in [-0.15, -0.1) is 0 Å². The second kappa shape index (κ2) is 7.85. The Bertz CT molecular complexity index is 271. The van der Waals surface area contributed by atoms with Crippen LogP contribution in [0.2, 0.25) is 0 Å². The average Bonchev–Trinajstić information content (AvgIpc) is 2.76. The third-order valence-corrected chi connectivity index (χ3v) is 3.87. The fourth-order valence-corrected chi connectivity index (χ4v) is 3.12. The van der Waals surface area contributed by atoms with Gasteiger partial charge in [0, 0.05) is 25.0 Å². The third-order valence-electron chi connectivity index (χ3n) is 3.87. The van der Waals surface area contributed by atoms with E-state index in [9.17, 15) is 4.79 Å². The molecule has 0 aliphatic heterocycles. The van der Waals surface area contributed by atoms with E-state index in [0.717, 1.165) is 19.3 Å². The average molecular weight is 270 g/mol. The summed E-state index contributed by atoms with van der Waals surface area (Å²) in [5.41, 5.74) is -0.113. The molecule has 1 aliphatic rings. The zero-order valence-electron chi connectivity index (χ0n) is 12.7. The topological polar surface area (TPSA) is 61.4 Å². The summed E-state index contributed by atoms with van der Waals surface area (Å²) >= 11 is 0. The first-order valence-corrected chi connectivity index (χ1v) is 7.63. The van der Waals surface area contributed by atoms with Crippen molar-refractivity contribution in [1.29, 1.82) is 0 Å². The molecule has 4 nitrogen and oxygen atoms in total. The van der Waals surface area contributed by atoms with E-state index in [1.165, 1.54) is 12.8 Å². The van der Waals surface area contributed by atoms with Crippen molar-refractivity contribution >= 4 is 5.91 Å². The van der Waals surface area contributed by atoms with Gasteiger partial charge >= 0.3 is 0 Å².